The van der Waals surface area contributed by atoms with Gasteiger partial charge in [0.2, 0.25) is 17.9 Å². The molecule has 1 aromatic rings. The fraction of sp³-hybridized carbons (Fsp3) is 0.294. The lowest BCUT2D eigenvalue weighted by Crippen LogP contribution is -2.37. The van der Waals surface area contributed by atoms with Crippen LogP contribution < -0.4 is 49.1 Å². The Morgan fingerprint density at radius 1 is 0.594 bits per heavy atom. The van der Waals surface area contributed by atoms with Crippen molar-refractivity contribution in [3.63, 3.8) is 0 Å². The van der Waals surface area contributed by atoms with E-state index in [0.29, 0.717) is 17.1 Å². The SMILES string of the molecule is Cc1cc(C)c(N(C)C(=N)N=C(N)N)c(N(C)C(=N)N=C(N)N)c1N(C)C(=N)N=C(N)N. The molecule has 0 saturated heterocycles. The number of nitrogens with zero attached hydrogens (tertiary/aromatic N) is 6. The Kier molecular flexibility index (Phi) is 7.93. The van der Waals surface area contributed by atoms with Crippen LogP contribution in [0.15, 0.2) is 21.0 Å². The third-order valence-corrected chi connectivity index (χ3v) is 4.29. The van der Waals surface area contributed by atoms with Gasteiger partial charge in [-0.25, -0.2) is 0 Å². The van der Waals surface area contributed by atoms with Gasteiger partial charge in [0, 0.05) is 21.1 Å². The standard InChI is InChI=1S/C17H31N15/c1-7-6-8(2)10(31(4)16(25)28-13(20)21)11(32(5)17(26)29-14(22)23)9(7)30(3)15(24)27-12(18)19/h6H,1-5H3,(H5,18,19,24,27)(H5,20,21,25,28)(H5,22,23,26,29). The van der Waals surface area contributed by atoms with E-state index in [0.717, 1.165) is 11.1 Å². The number of hydrogen-bond acceptors (Lipinski definition) is 3. The molecule has 0 heterocycles. The molecule has 1 aromatic carbocycles. The van der Waals surface area contributed by atoms with E-state index >= 15 is 0 Å². The zero-order valence-corrected chi connectivity index (χ0v) is 18.7. The lowest BCUT2D eigenvalue weighted by atomic mass is 10.0. The van der Waals surface area contributed by atoms with Gasteiger partial charge in [0.05, 0.1) is 17.1 Å². The van der Waals surface area contributed by atoms with Crippen LogP contribution in [0, 0.1) is 30.1 Å². The van der Waals surface area contributed by atoms with E-state index in [1.807, 2.05) is 19.9 Å². The molecule has 0 unspecified atom stereocenters. The average Bonchev–Trinajstić information content (AvgIpc) is 2.64. The fourth-order valence-corrected chi connectivity index (χ4v) is 3.02. The van der Waals surface area contributed by atoms with Crippen molar-refractivity contribution in [1.29, 1.82) is 16.2 Å². The summed E-state index contributed by atoms with van der Waals surface area (Å²) in [7, 11) is 4.73. The molecule has 0 saturated carbocycles. The first-order valence-electron chi connectivity index (χ1n) is 9.08. The minimum absolute atomic E-state index is 0.257. The average molecular weight is 446 g/mol. The topological polar surface area (TPSA) is 274 Å². The number of nitrogens with one attached hydrogen (secondary N) is 3. The van der Waals surface area contributed by atoms with Crippen molar-refractivity contribution in [2.45, 2.75) is 13.8 Å². The number of aliphatic imine (C=N–C) groups is 3. The van der Waals surface area contributed by atoms with Crippen LogP contribution in [0.4, 0.5) is 17.1 Å². The molecule has 174 valence electrons. The van der Waals surface area contributed by atoms with Crippen molar-refractivity contribution in [2.75, 3.05) is 35.8 Å². The predicted molar refractivity (Wildman–Crippen MR) is 132 cm³/mol. The summed E-state index contributed by atoms with van der Waals surface area (Å²) in [6.07, 6.45) is 0. The summed E-state index contributed by atoms with van der Waals surface area (Å²) in [5.74, 6) is -1.69. The van der Waals surface area contributed by atoms with E-state index in [-0.39, 0.29) is 35.8 Å². The highest BCUT2D eigenvalue weighted by Crippen LogP contribution is 2.43. The Morgan fingerprint density at radius 3 is 1.09 bits per heavy atom. The Balaban J connectivity index is 3.98. The number of aryl methyl sites for hydroxylation is 2. The first-order valence-corrected chi connectivity index (χ1v) is 9.08. The highest BCUT2D eigenvalue weighted by Gasteiger charge is 2.27. The van der Waals surface area contributed by atoms with Gasteiger partial charge in [-0.1, -0.05) is 6.07 Å². The van der Waals surface area contributed by atoms with Crippen LogP contribution in [0.1, 0.15) is 11.1 Å². The third kappa shape index (κ3) is 5.74. The molecule has 15 nitrogen and oxygen atoms in total. The van der Waals surface area contributed by atoms with Gasteiger partial charge in [0.1, 0.15) is 0 Å². The largest absolute Gasteiger partial charge is 0.370 e. The molecule has 15 heteroatoms. The predicted octanol–water partition coefficient (Wildman–Crippen LogP) is -1.76. The van der Waals surface area contributed by atoms with Crippen molar-refractivity contribution in [3.05, 3.63) is 17.2 Å². The number of rotatable bonds is 3. The Bertz CT molecular complexity index is 947. The minimum Gasteiger partial charge on any atom is -0.370 e. The van der Waals surface area contributed by atoms with E-state index < -0.39 is 0 Å². The van der Waals surface area contributed by atoms with E-state index in [4.69, 9.17) is 50.6 Å². The first-order chi connectivity index (χ1) is 14.7. The second-order valence-electron chi connectivity index (χ2n) is 6.81. The summed E-state index contributed by atoms with van der Waals surface area (Å²) in [5.41, 5.74) is 35.4. The van der Waals surface area contributed by atoms with Gasteiger partial charge < -0.3 is 49.1 Å². The summed E-state index contributed by atoms with van der Waals surface area (Å²) in [4.78, 5) is 15.6. The summed E-state index contributed by atoms with van der Waals surface area (Å²) in [6.45, 7) is 3.63. The molecule has 0 atom stereocenters. The summed E-state index contributed by atoms with van der Waals surface area (Å²) in [5, 5.41) is 24.8. The van der Waals surface area contributed by atoms with Gasteiger partial charge in [-0.3, -0.25) is 16.2 Å². The second-order valence-corrected chi connectivity index (χ2v) is 6.81. The normalized spacial score (nSPS) is 9.91. The zero-order chi connectivity index (χ0) is 24.9. The van der Waals surface area contributed by atoms with Crippen LogP contribution in [0.25, 0.3) is 0 Å². The maximum atomic E-state index is 8.32. The molecular formula is C17H31N15. The van der Waals surface area contributed by atoms with Crippen LogP contribution in [-0.2, 0) is 0 Å². The summed E-state index contributed by atoms with van der Waals surface area (Å²) in [6, 6.07) is 1.84. The van der Waals surface area contributed by atoms with Crippen molar-refractivity contribution < 1.29 is 0 Å². The number of nitrogens with two attached hydrogens (primary N) is 6. The first kappa shape index (κ1) is 25.5. The lowest BCUT2D eigenvalue weighted by molar-refractivity contribution is 1.10. The quantitative estimate of drug-likeness (QED) is 0.188. The molecule has 0 spiro atoms. The van der Waals surface area contributed by atoms with Crippen LogP contribution in [0.2, 0.25) is 0 Å². The van der Waals surface area contributed by atoms with Crippen LogP contribution in [0.3, 0.4) is 0 Å². The molecule has 1 rings (SSSR count). The van der Waals surface area contributed by atoms with E-state index in [2.05, 4.69) is 15.0 Å². The molecule has 0 radical (unpaired) electrons. The number of hydrogen-bond donors (Lipinski definition) is 9. The highest BCUT2D eigenvalue weighted by atomic mass is 15.3. The maximum Gasteiger partial charge on any atom is 0.225 e. The fourth-order valence-electron chi connectivity index (χ4n) is 3.02. The molecule has 0 aliphatic heterocycles. The van der Waals surface area contributed by atoms with Crippen molar-refractivity contribution >= 4 is 52.8 Å². The number of benzene rings is 1. The molecule has 0 aliphatic rings. The molecule has 0 bridgehead atoms. The van der Waals surface area contributed by atoms with E-state index in [9.17, 15) is 0 Å². The van der Waals surface area contributed by atoms with E-state index in [1.54, 1.807) is 21.1 Å². The molecule has 32 heavy (non-hydrogen) atoms. The zero-order valence-electron chi connectivity index (χ0n) is 18.7. The smallest absolute Gasteiger partial charge is 0.225 e. The summed E-state index contributed by atoms with van der Waals surface area (Å²) >= 11 is 0. The van der Waals surface area contributed by atoms with Crippen LogP contribution in [-0.4, -0.2) is 56.9 Å². The summed E-state index contributed by atoms with van der Waals surface area (Å²) < 4.78 is 0. The molecular weight excluding hydrogens is 414 g/mol. The maximum absolute atomic E-state index is 8.32. The monoisotopic (exact) mass is 445 g/mol. The number of anilines is 3. The molecule has 0 aromatic heterocycles. The van der Waals surface area contributed by atoms with Gasteiger partial charge in [-0.2, -0.15) is 15.0 Å². The van der Waals surface area contributed by atoms with Crippen LogP contribution in [0.5, 0.6) is 0 Å². The van der Waals surface area contributed by atoms with Crippen molar-refractivity contribution in [2.24, 2.45) is 49.4 Å². The molecule has 0 fully saturated rings. The molecule has 0 aliphatic carbocycles. The Hall–Kier alpha value is -4.56. The van der Waals surface area contributed by atoms with E-state index in [1.165, 1.54) is 14.7 Å². The molecule has 15 N–H and O–H groups in total. The van der Waals surface area contributed by atoms with Crippen molar-refractivity contribution in [1.82, 2.24) is 0 Å². The van der Waals surface area contributed by atoms with Gasteiger partial charge in [0.25, 0.3) is 0 Å². The third-order valence-electron chi connectivity index (χ3n) is 4.29. The van der Waals surface area contributed by atoms with Gasteiger partial charge in [0.15, 0.2) is 17.9 Å². The Labute approximate surface area is 186 Å². The van der Waals surface area contributed by atoms with Gasteiger partial charge in [-0.05, 0) is 25.0 Å². The number of guanidine groups is 6. The highest BCUT2D eigenvalue weighted by molar-refractivity contribution is 6.13. The van der Waals surface area contributed by atoms with Crippen LogP contribution >= 0.6 is 0 Å². The lowest BCUT2D eigenvalue weighted by Gasteiger charge is -2.33. The second kappa shape index (κ2) is 9.96. The van der Waals surface area contributed by atoms with Crippen molar-refractivity contribution in [3.8, 4) is 0 Å². The minimum atomic E-state index is -0.308. The van der Waals surface area contributed by atoms with Gasteiger partial charge >= 0.3 is 0 Å². The molecule has 0 amide bonds. The Morgan fingerprint density at radius 2 is 0.844 bits per heavy atom. The van der Waals surface area contributed by atoms with Gasteiger partial charge in [-0.15, -0.1) is 0 Å².